The summed E-state index contributed by atoms with van der Waals surface area (Å²) in [5, 5.41) is 0. The molecular formula is C10H17N3. The number of nitrogens with two attached hydrogens (primary N) is 1. The second-order valence-electron chi connectivity index (χ2n) is 3.37. The van der Waals surface area contributed by atoms with Gasteiger partial charge in [0.25, 0.3) is 0 Å². The molecule has 0 fully saturated rings. The molecule has 1 aromatic rings. The molecule has 0 saturated carbocycles. The van der Waals surface area contributed by atoms with E-state index in [2.05, 4.69) is 41.5 Å². The topological polar surface area (TPSA) is 41.3 Å². The molecule has 13 heavy (non-hydrogen) atoms. The maximum absolute atomic E-state index is 5.22. The van der Waals surface area contributed by atoms with Gasteiger partial charge in [0.1, 0.15) is 0 Å². The normalized spacial score (nSPS) is 10.8. The molecule has 0 heterocycles. The molecule has 0 aliphatic rings. The number of hydrazine groups is 1. The van der Waals surface area contributed by atoms with Crippen molar-refractivity contribution in [2.75, 3.05) is 13.7 Å². The van der Waals surface area contributed by atoms with E-state index < -0.39 is 0 Å². The van der Waals surface area contributed by atoms with Crippen LogP contribution >= 0.6 is 0 Å². The number of nitrogens with zero attached hydrogens (tertiary/aromatic N) is 1. The Bertz CT molecular complexity index is 260. The van der Waals surface area contributed by atoms with Crippen LogP contribution in [-0.2, 0) is 6.54 Å². The van der Waals surface area contributed by atoms with Gasteiger partial charge in [-0.15, -0.1) is 0 Å². The predicted octanol–water partition coefficient (Wildman–Crippen LogP) is 0.848. The molecule has 3 heteroatoms. The summed E-state index contributed by atoms with van der Waals surface area (Å²) in [6.45, 7) is 3.73. The summed E-state index contributed by atoms with van der Waals surface area (Å²) < 4.78 is 0. The lowest BCUT2D eigenvalue weighted by Gasteiger charge is -2.15. The molecular weight excluding hydrogens is 162 g/mol. The Hall–Kier alpha value is -0.900. The number of nitrogens with one attached hydrogen (secondary N) is 1. The maximum Gasteiger partial charge on any atom is 0.0612 e. The average molecular weight is 179 g/mol. The molecule has 0 atom stereocenters. The number of aryl methyl sites for hydroxylation is 1. The third-order valence-corrected chi connectivity index (χ3v) is 1.90. The molecule has 3 nitrogen and oxygen atoms in total. The van der Waals surface area contributed by atoms with Crippen molar-refractivity contribution in [3.8, 4) is 0 Å². The van der Waals surface area contributed by atoms with Gasteiger partial charge in [0.15, 0.2) is 0 Å². The molecule has 0 aliphatic heterocycles. The van der Waals surface area contributed by atoms with Gasteiger partial charge in [-0.2, -0.15) is 0 Å². The lowest BCUT2D eigenvalue weighted by atomic mass is 10.1. The van der Waals surface area contributed by atoms with E-state index in [4.69, 9.17) is 5.84 Å². The van der Waals surface area contributed by atoms with Crippen LogP contribution in [0, 0.1) is 6.92 Å². The molecule has 0 aliphatic carbocycles. The minimum atomic E-state index is 0.702. The van der Waals surface area contributed by atoms with Crippen LogP contribution in [0.4, 0.5) is 0 Å². The van der Waals surface area contributed by atoms with E-state index in [1.807, 2.05) is 7.05 Å². The number of hydrogen-bond donors (Lipinski definition) is 2. The van der Waals surface area contributed by atoms with Crippen LogP contribution in [0.3, 0.4) is 0 Å². The summed E-state index contributed by atoms with van der Waals surface area (Å²) in [4.78, 5) is 2.12. The summed E-state index contributed by atoms with van der Waals surface area (Å²) in [6, 6.07) is 8.49. The van der Waals surface area contributed by atoms with Crippen LogP contribution in [0.15, 0.2) is 24.3 Å². The van der Waals surface area contributed by atoms with Crippen LogP contribution in [0.25, 0.3) is 0 Å². The Balaban J connectivity index is 2.53. The first kappa shape index (κ1) is 10.2. The first-order chi connectivity index (χ1) is 6.22. The zero-order valence-corrected chi connectivity index (χ0v) is 8.25. The van der Waals surface area contributed by atoms with Gasteiger partial charge >= 0.3 is 0 Å². The van der Waals surface area contributed by atoms with Crippen LogP contribution in [0.1, 0.15) is 11.1 Å². The molecule has 0 unspecified atom stereocenters. The maximum atomic E-state index is 5.22. The van der Waals surface area contributed by atoms with Gasteiger partial charge in [-0.05, 0) is 19.5 Å². The predicted molar refractivity (Wildman–Crippen MR) is 54.8 cm³/mol. The van der Waals surface area contributed by atoms with Gasteiger partial charge in [0.05, 0.1) is 6.67 Å². The number of rotatable bonds is 4. The van der Waals surface area contributed by atoms with Crippen molar-refractivity contribution < 1.29 is 0 Å². The fraction of sp³-hybridized carbons (Fsp3) is 0.400. The van der Waals surface area contributed by atoms with Gasteiger partial charge in [0, 0.05) is 6.54 Å². The minimum Gasteiger partial charge on any atom is -0.288 e. The third kappa shape index (κ3) is 3.55. The molecule has 3 N–H and O–H groups in total. The monoisotopic (exact) mass is 179 g/mol. The van der Waals surface area contributed by atoms with E-state index in [0.29, 0.717) is 6.67 Å². The Kier molecular flexibility index (Phi) is 3.89. The molecule has 0 saturated heterocycles. The highest BCUT2D eigenvalue weighted by Crippen LogP contribution is 2.05. The fourth-order valence-electron chi connectivity index (χ4n) is 1.33. The van der Waals surface area contributed by atoms with Crippen LogP contribution in [0.2, 0.25) is 0 Å². The first-order valence-electron chi connectivity index (χ1n) is 4.40. The molecule has 0 aromatic heterocycles. The van der Waals surface area contributed by atoms with E-state index in [1.165, 1.54) is 11.1 Å². The second kappa shape index (κ2) is 4.97. The van der Waals surface area contributed by atoms with E-state index in [0.717, 1.165) is 6.54 Å². The molecule has 0 bridgehead atoms. The average Bonchev–Trinajstić information content (AvgIpc) is 2.04. The Morgan fingerprint density at radius 2 is 2.23 bits per heavy atom. The largest absolute Gasteiger partial charge is 0.288 e. The van der Waals surface area contributed by atoms with Crippen LogP contribution in [-0.4, -0.2) is 18.6 Å². The molecule has 1 aromatic carbocycles. The summed E-state index contributed by atoms with van der Waals surface area (Å²) >= 11 is 0. The standard InChI is InChI=1S/C10H17N3/c1-9-4-3-5-10(6-9)7-13(2)8-12-11/h3-6,12H,7-8,11H2,1-2H3. The number of benzene rings is 1. The molecule has 72 valence electrons. The second-order valence-corrected chi connectivity index (χ2v) is 3.37. The van der Waals surface area contributed by atoms with Gasteiger partial charge < -0.3 is 0 Å². The Morgan fingerprint density at radius 3 is 2.85 bits per heavy atom. The SMILES string of the molecule is Cc1cccc(CN(C)CNN)c1. The lowest BCUT2D eigenvalue weighted by Crippen LogP contribution is -2.34. The van der Waals surface area contributed by atoms with Gasteiger partial charge in [-0.3, -0.25) is 10.7 Å². The van der Waals surface area contributed by atoms with Crippen molar-refractivity contribution in [3.05, 3.63) is 35.4 Å². The van der Waals surface area contributed by atoms with Crippen LogP contribution < -0.4 is 11.3 Å². The van der Waals surface area contributed by atoms with Crippen molar-refractivity contribution >= 4 is 0 Å². The highest BCUT2D eigenvalue weighted by molar-refractivity contribution is 5.21. The van der Waals surface area contributed by atoms with Crippen LogP contribution in [0.5, 0.6) is 0 Å². The molecule has 0 amide bonds. The van der Waals surface area contributed by atoms with E-state index in [9.17, 15) is 0 Å². The van der Waals surface area contributed by atoms with Crippen molar-refractivity contribution in [1.82, 2.24) is 10.3 Å². The van der Waals surface area contributed by atoms with E-state index in [-0.39, 0.29) is 0 Å². The molecule has 0 spiro atoms. The van der Waals surface area contributed by atoms with Crippen molar-refractivity contribution in [2.45, 2.75) is 13.5 Å². The fourth-order valence-corrected chi connectivity index (χ4v) is 1.33. The highest BCUT2D eigenvalue weighted by atomic mass is 15.3. The zero-order valence-electron chi connectivity index (χ0n) is 8.25. The minimum absolute atomic E-state index is 0.702. The molecule has 1 rings (SSSR count). The lowest BCUT2D eigenvalue weighted by molar-refractivity contribution is 0.301. The summed E-state index contributed by atoms with van der Waals surface area (Å²) in [7, 11) is 2.03. The smallest absolute Gasteiger partial charge is 0.0612 e. The number of hydrogen-bond acceptors (Lipinski definition) is 3. The van der Waals surface area contributed by atoms with Crippen molar-refractivity contribution in [2.24, 2.45) is 5.84 Å². The quantitative estimate of drug-likeness (QED) is 0.409. The Morgan fingerprint density at radius 1 is 1.46 bits per heavy atom. The summed E-state index contributed by atoms with van der Waals surface area (Å²) in [5.74, 6) is 5.22. The van der Waals surface area contributed by atoms with Gasteiger partial charge in [-0.25, -0.2) is 5.43 Å². The zero-order chi connectivity index (χ0) is 9.68. The molecule has 0 radical (unpaired) electrons. The summed E-state index contributed by atoms with van der Waals surface area (Å²) in [6.07, 6.45) is 0. The van der Waals surface area contributed by atoms with Gasteiger partial charge in [-0.1, -0.05) is 29.8 Å². The highest BCUT2D eigenvalue weighted by Gasteiger charge is 1.98. The van der Waals surface area contributed by atoms with E-state index in [1.54, 1.807) is 0 Å². The van der Waals surface area contributed by atoms with Crippen molar-refractivity contribution in [3.63, 3.8) is 0 Å². The van der Waals surface area contributed by atoms with Gasteiger partial charge in [0.2, 0.25) is 0 Å². The Labute approximate surface area is 79.5 Å². The summed E-state index contributed by atoms with van der Waals surface area (Å²) in [5.41, 5.74) is 5.24. The van der Waals surface area contributed by atoms with E-state index >= 15 is 0 Å². The van der Waals surface area contributed by atoms with Crippen molar-refractivity contribution in [1.29, 1.82) is 0 Å². The first-order valence-corrected chi connectivity index (χ1v) is 4.40. The third-order valence-electron chi connectivity index (χ3n) is 1.90.